The van der Waals surface area contributed by atoms with Crippen LogP contribution in [0.2, 0.25) is 10.0 Å². The standard InChI is InChI=1S/C27H29Cl2N3/c28-24-7-3-1-5-21(24)26(22-6-2-4-8-25(22)29)27-16-18-9-12-23(27)19(17-27)10-11-20(15-18)32-14-13-30-31-32/h1-8,13-14,18-20,23,26H,9-12,15-17H2. The van der Waals surface area contributed by atoms with Gasteiger partial charge in [0.25, 0.3) is 0 Å². The van der Waals surface area contributed by atoms with Gasteiger partial charge in [-0.05, 0) is 85.0 Å². The summed E-state index contributed by atoms with van der Waals surface area (Å²) in [6.45, 7) is 0. The molecule has 5 unspecified atom stereocenters. The van der Waals surface area contributed by atoms with Crippen LogP contribution in [-0.2, 0) is 0 Å². The van der Waals surface area contributed by atoms with Gasteiger partial charge in [0.1, 0.15) is 0 Å². The van der Waals surface area contributed by atoms with Gasteiger partial charge in [0.15, 0.2) is 0 Å². The lowest BCUT2D eigenvalue weighted by atomic mass is 9.41. The summed E-state index contributed by atoms with van der Waals surface area (Å²) in [4.78, 5) is 0. The van der Waals surface area contributed by atoms with Crippen LogP contribution in [0.3, 0.4) is 0 Å². The fraction of sp³-hybridized carbons (Fsp3) is 0.481. The molecule has 0 amide bonds. The summed E-state index contributed by atoms with van der Waals surface area (Å²) in [5.41, 5.74) is 2.73. The molecule has 2 aromatic carbocycles. The van der Waals surface area contributed by atoms with Gasteiger partial charge in [0.2, 0.25) is 0 Å². The van der Waals surface area contributed by atoms with Crippen molar-refractivity contribution in [2.24, 2.45) is 23.2 Å². The average molecular weight is 466 g/mol. The Labute approximate surface area is 200 Å². The number of rotatable bonds is 4. The molecule has 166 valence electrons. The molecule has 5 aliphatic carbocycles. The van der Waals surface area contributed by atoms with E-state index in [-0.39, 0.29) is 11.3 Å². The van der Waals surface area contributed by atoms with Gasteiger partial charge in [-0.2, -0.15) is 0 Å². The molecule has 0 N–H and O–H groups in total. The van der Waals surface area contributed by atoms with Crippen LogP contribution in [0.15, 0.2) is 60.9 Å². The first-order valence-corrected chi connectivity index (χ1v) is 12.8. The smallest absolute Gasteiger partial charge is 0.0693 e. The summed E-state index contributed by atoms with van der Waals surface area (Å²) in [5, 5.41) is 10.2. The third-order valence-corrected chi connectivity index (χ3v) is 9.49. The number of hydrogen-bond donors (Lipinski definition) is 0. The van der Waals surface area contributed by atoms with E-state index in [2.05, 4.69) is 39.3 Å². The van der Waals surface area contributed by atoms with Crippen LogP contribution in [0.5, 0.6) is 0 Å². The Morgan fingerprint density at radius 2 is 1.59 bits per heavy atom. The zero-order valence-corrected chi connectivity index (χ0v) is 19.7. The van der Waals surface area contributed by atoms with E-state index in [1.54, 1.807) is 0 Å². The molecule has 0 aliphatic heterocycles. The van der Waals surface area contributed by atoms with Crippen molar-refractivity contribution in [1.29, 1.82) is 0 Å². The van der Waals surface area contributed by atoms with E-state index in [1.807, 2.05) is 36.7 Å². The SMILES string of the molecule is Clc1ccccc1C(c1ccccc1Cl)C12CC3CCC1C(CCC(n1ccnn1)C3)C2. The Morgan fingerprint density at radius 3 is 2.25 bits per heavy atom. The number of benzene rings is 2. The molecule has 8 rings (SSSR count). The number of halogens is 2. The highest BCUT2D eigenvalue weighted by Crippen LogP contribution is 2.70. The molecule has 1 aromatic heterocycles. The molecule has 0 saturated heterocycles. The summed E-state index contributed by atoms with van der Waals surface area (Å²) < 4.78 is 2.11. The van der Waals surface area contributed by atoms with Crippen molar-refractivity contribution in [3.63, 3.8) is 0 Å². The minimum atomic E-state index is 0.237. The topological polar surface area (TPSA) is 30.7 Å². The monoisotopic (exact) mass is 465 g/mol. The fourth-order valence-corrected chi connectivity index (χ4v) is 8.11. The van der Waals surface area contributed by atoms with E-state index in [4.69, 9.17) is 23.2 Å². The lowest BCUT2D eigenvalue weighted by molar-refractivity contribution is -0.106. The van der Waals surface area contributed by atoms with Crippen molar-refractivity contribution in [1.82, 2.24) is 15.0 Å². The first-order chi connectivity index (χ1) is 15.7. The number of nitrogens with zero attached hydrogens (tertiary/aromatic N) is 3. The molecule has 32 heavy (non-hydrogen) atoms. The van der Waals surface area contributed by atoms with Crippen molar-refractivity contribution in [2.75, 3.05) is 0 Å². The second-order valence-electron chi connectivity index (χ2n) is 10.3. The predicted molar refractivity (Wildman–Crippen MR) is 129 cm³/mol. The van der Waals surface area contributed by atoms with Gasteiger partial charge in [-0.3, -0.25) is 0 Å². The van der Waals surface area contributed by atoms with E-state index in [0.29, 0.717) is 12.0 Å². The van der Waals surface area contributed by atoms with Crippen LogP contribution < -0.4 is 0 Å². The van der Waals surface area contributed by atoms with E-state index in [9.17, 15) is 0 Å². The second-order valence-corrected chi connectivity index (χ2v) is 11.1. The minimum Gasteiger partial charge on any atom is -0.250 e. The molecule has 5 saturated carbocycles. The first-order valence-electron chi connectivity index (χ1n) is 12.0. The lowest BCUT2D eigenvalue weighted by Gasteiger charge is -2.63. The second kappa shape index (κ2) is 8.18. The minimum absolute atomic E-state index is 0.237. The summed E-state index contributed by atoms with van der Waals surface area (Å²) in [6, 6.07) is 17.4. The summed E-state index contributed by atoms with van der Waals surface area (Å²) in [7, 11) is 0. The highest BCUT2D eigenvalue weighted by molar-refractivity contribution is 6.32. The summed E-state index contributed by atoms with van der Waals surface area (Å²) in [6.07, 6.45) is 12.7. The van der Waals surface area contributed by atoms with E-state index >= 15 is 0 Å². The molecule has 3 aromatic rings. The number of aromatic nitrogens is 3. The highest BCUT2D eigenvalue weighted by atomic mass is 35.5. The third kappa shape index (κ3) is 3.31. The van der Waals surface area contributed by atoms with Crippen molar-refractivity contribution < 1.29 is 0 Å². The largest absolute Gasteiger partial charge is 0.250 e. The van der Waals surface area contributed by atoms with E-state index < -0.39 is 0 Å². The van der Waals surface area contributed by atoms with Gasteiger partial charge in [0, 0.05) is 22.2 Å². The average Bonchev–Trinajstić information content (AvgIpc) is 3.35. The van der Waals surface area contributed by atoms with Gasteiger partial charge >= 0.3 is 0 Å². The van der Waals surface area contributed by atoms with E-state index in [1.165, 1.54) is 56.1 Å². The Balaban J connectivity index is 1.44. The Kier molecular flexibility index (Phi) is 5.30. The molecule has 1 heterocycles. The maximum atomic E-state index is 6.86. The molecular formula is C27H29Cl2N3. The quantitative estimate of drug-likeness (QED) is 0.397. The van der Waals surface area contributed by atoms with Gasteiger partial charge in [-0.15, -0.1) is 5.10 Å². The van der Waals surface area contributed by atoms with Gasteiger partial charge in [-0.25, -0.2) is 4.68 Å². The molecule has 5 heteroatoms. The summed E-state index contributed by atoms with van der Waals surface area (Å²) in [5.74, 6) is 2.47. The van der Waals surface area contributed by atoms with E-state index in [0.717, 1.165) is 21.9 Å². The third-order valence-electron chi connectivity index (χ3n) is 8.80. The molecule has 5 aliphatic rings. The van der Waals surface area contributed by atoms with Crippen molar-refractivity contribution >= 4 is 23.2 Å². The first kappa shape index (κ1) is 20.7. The van der Waals surface area contributed by atoms with Crippen molar-refractivity contribution in [2.45, 2.75) is 56.9 Å². The zero-order chi connectivity index (χ0) is 21.7. The molecule has 0 spiro atoms. The normalized spacial score (nSPS) is 31.6. The molecular weight excluding hydrogens is 437 g/mol. The van der Waals surface area contributed by atoms with Gasteiger partial charge in [0.05, 0.1) is 12.2 Å². The predicted octanol–water partition coefficient (Wildman–Crippen LogP) is 7.56. The highest BCUT2D eigenvalue weighted by Gasteiger charge is 2.61. The van der Waals surface area contributed by atoms with Crippen LogP contribution in [0.4, 0.5) is 0 Å². The number of hydrogen-bond acceptors (Lipinski definition) is 2. The maximum Gasteiger partial charge on any atom is 0.0693 e. The van der Waals surface area contributed by atoms with Crippen LogP contribution >= 0.6 is 23.2 Å². The van der Waals surface area contributed by atoms with Crippen LogP contribution in [0.25, 0.3) is 0 Å². The van der Waals surface area contributed by atoms with Crippen LogP contribution in [0.1, 0.15) is 68.0 Å². The summed E-state index contributed by atoms with van der Waals surface area (Å²) >= 11 is 13.7. The Hall–Kier alpha value is -1.84. The van der Waals surface area contributed by atoms with Crippen LogP contribution in [0, 0.1) is 23.2 Å². The van der Waals surface area contributed by atoms with Gasteiger partial charge in [-0.1, -0.05) is 71.2 Å². The Morgan fingerprint density at radius 1 is 0.875 bits per heavy atom. The van der Waals surface area contributed by atoms with Crippen molar-refractivity contribution in [3.8, 4) is 0 Å². The fourth-order valence-electron chi connectivity index (χ4n) is 7.62. The van der Waals surface area contributed by atoms with Crippen LogP contribution in [-0.4, -0.2) is 15.0 Å². The molecule has 3 nitrogen and oxygen atoms in total. The Bertz CT molecular complexity index is 1050. The maximum absolute atomic E-state index is 6.86. The molecule has 5 fully saturated rings. The van der Waals surface area contributed by atoms with Crippen molar-refractivity contribution in [3.05, 3.63) is 82.1 Å². The molecule has 0 radical (unpaired) electrons. The zero-order valence-electron chi connectivity index (χ0n) is 18.2. The molecule has 4 bridgehead atoms. The lowest BCUT2D eigenvalue weighted by Crippen LogP contribution is -2.54. The number of fused-ring (bicyclic) bond motifs is 1. The molecule has 5 atom stereocenters. The van der Waals surface area contributed by atoms with Gasteiger partial charge < -0.3 is 0 Å².